The van der Waals surface area contributed by atoms with Gasteiger partial charge in [0.15, 0.2) is 12.4 Å². The summed E-state index contributed by atoms with van der Waals surface area (Å²) in [7, 11) is 0. The first-order chi connectivity index (χ1) is 17.0. The van der Waals surface area contributed by atoms with E-state index in [-0.39, 0.29) is 19.1 Å². The summed E-state index contributed by atoms with van der Waals surface area (Å²) in [5, 5.41) is 17.5. The fourth-order valence-corrected chi connectivity index (χ4v) is 4.41. The third-order valence-corrected chi connectivity index (χ3v) is 6.34. The van der Waals surface area contributed by atoms with Gasteiger partial charge in [0.05, 0.1) is 22.2 Å². The number of hydrogen-bond acceptors (Lipinski definition) is 8. The van der Waals surface area contributed by atoms with Crippen molar-refractivity contribution in [1.29, 1.82) is 0 Å². The molecule has 0 bridgehead atoms. The van der Waals surface area contributed by atoms with E-state index in [0.717, 1.165) is 10.5 Å². The van der Waals surface area contributed by atoms with Gasteiger partial charge in [-0.15, -0.1) is 5.10 Å². The highest BCUT2D eigenvalue weighted by molar-refractivity contribution is 7.99. The summed E-state index contributed by atoms with van der Waals surface area (Å²) >= 11 is 7.91. The predicted octanol–water partition coefficient (Wildman–Crippen LogP) is 4.87. The highest BCUT2D eigenvalue weighted by Gasteiger charge is 2.16. The molecule has 11 heteroatoms. The molecule has 4 rings (SSSR count). The molecule has 0 aliphatic carbocycles. The van der Waals surface area contributed by atoms with Crippen LogP contribution >= 0.6 is 23.4 Å². The van der Waals surface area contributed by atoms with E-state index in [9.17, 15) is 9.59 Å². The third kappa shape index (κ3) is 6.17. The Labute approximate surface area is 210 Å². The van der Waals surface area contributed by atoms with Crippen molar-refractivity contribution in [3.05, 3.63) is 77.3 Å². The fraction of sp³-hybridized carbons (Fsp3) is 0.125. The summed E-state index contributed by atoms with van der Waals surface area (Å²) in [6, 6.07) is 19.4. The lowest BCUT2D eigenvalue weighted by Gasteiger charge is -2.14. The van der Waals surface area contributed by atoms with E-state index >= 15 is 0 Å². The molecule has 0 unspecified atom stereocenters. The zero-order chi connectivity index (χ0) is 24.6. The summed E-state index contributed by atoms with van der Waals surface area (Å²) < 4.78 is 10.2. The Morgan fingerprint density at radius 3 is 2.60 bits per heavy atom. The van der Waals surface area contributed by atoms with Crippen molar-refractivity contribution in [3.63, 3.8) is 0 Å². The van der Waals surface area contributed by atoms with E-state index in [1.165, 1.54) is 11.8 Å². The second-order valence-electron chi connectivity index (χ2n) is 7.04. The first-order valence-electron chi connectivity index (χ1n) is 10.5. The minimum atomic E-state index is -0.457. The smallest absolute Gasteiger partial charge is 0.344 e. The summed E-state index contributed by atoms with van der Waals surface area (Å²) in [4.78, 5) is 25.9. The maximum atomic E-state index is 12.9. The molecule has 3 aromatic carbocycles. The average molecular weight is 510 g/mol. The molecule has 0 fully saturated rings. The van der Waals surface area contributed by atoms with Crippen molar-refractivity contribution in [3.8, 4) is 17.1 Å². The normalized spacial score (nSPS) is 10.6. The van der Waals surface area contributed by atoms with E-state index in [1.54, 1.807) is 49.4 Å². The molecule has 1 amide bonds. The zero-order valence-corrected chi connectivity index (χ0v) is 20.1. The van der Waals surface area contributed by atoms with Crippen LogP contribution < -0.4 is 10.1 Å². The SMILES string of the molecule is CCOC(=O)COc1ccc(C(=O)Nc2cccc(Cl)c2Sc2ccccc2-c2nnn[nH]2)cc1. The van der Waals surface area contributed by atoms with Crippen molar-refractivity contribution in [2.24, 2.45) is 0 Å². The molecule has 0 saturated heterocycles. The van der Waals surface area contributed by atoms with Gasteiger partial charge < -0.3 is 14.8 Å². The molecular formula is C24H20ClN5O4S. The Hall–Kier alpha value is -3.89. The molecular weight excluding hydrogens is 490 g/mol. The number of anilines is 1. The first kappa shape index (κ1) is 24.2. The number of ether oxygens (including phenoxy) is 2. The molecule has 0 aliphatic rings. The van der Waals surface area contributed by atoms with Gasteiger partial charge in [0, 0.05) is 16.0 Å². The van der Waals surface area contributed by atoms with E-state index < -0.39 is 5.97 Å². The van der Waals surface area contributed by atoms with Gasteiger partial charge in [-0.1, -0.05) is 41.6 Å². The number of halogens is 1. The van der Waals surface area contributed by atoms with Crippen molar-refractivity contribution in [2.75, 3.05) is 18.5 Å². The number of rotatable bonds is 9. The summed E-state index contributed by atoms with van der Waals surface area (Å²) in [5.74, 6) is 0.198. The number of benzene rings is 3. The van der Waals surface area contributed by atoms with Gasteiger partial charge >= 0.3 is 5.97 Å². The number of aromatic nitrogens is 4. The van der Waals surface area contributed by atoms with Gasteiger partial charge in [-0.25, -0.2) is 9.89 Å². The maximum absolute atomic E-state index is 12.9. The van der Waals surface area contributed by atoms with E-state index in [2.05, 4.69) is 25.9 Å². The van der Waals surface area contributed by atoms with Crippen LogP contribution in [-0.2, 0) is 9.53 Å². The number of aromatic amines is 1. The van der Waals surface area contributed by atoms with Crippen LogP contribution in [0.2, 0.25) is 5.02 Å². The van der Waals surface area contributed by atoms with Crippen molar-refractivity contribution in [2.45, 2.75) is 16.7 Å². The Balaban J connectivity index is 1.50. The number of amides is 1. The van der Waals surface area contributed by atoms with E-state index in [0.29, 0.717) is 32.7 Å². The lowest BCUT2D eigenvalue weighted by molar-refractivity contribution is -0.145. The van der Waals surface area contributed by atoms with E-state index in [4.69, 9.17) is 21.1 Å². The number of nitrogens with zero attached hydrogens (tertiary/aromatic N) is 3. The summed E-state index contributed by atoms with van der Waals surface area (Å²) in [6.07, 6.45) is 0. The molecule has 2 N–H and O–H groups in total. The molecule has 0 spiro atoms. The average Bonchev–Trinajstić information content (AvgIpc) is 3.40. The van der Waals surface area contributed by atoms with E-state index in [1.807, 2.05) is 24.3 Å². The minimum absolute atomic E-state index is 0.200. The highest BCUT2D eigenvalue weighted by Crippen LogP contribution is 2.42. The summed E-state index contributed by atoms with van der Waals surface area (Å²) in [6.45, 7) is 1.81. The van der Waals surface area contributed by atoms with Crippen LogP contribution in [0.15, 0.2) is 76.5 Å². The molecule has 0 radical (unpaired) electrons. The van der Waals surface area contributed by atoms with Crippen LogP contribution in [0.3, 0.4) is 0 Å². The molecule has 9 nitrogen and oxygen atoms in total. The number of nitrogens with one attached hydrogen (secondary N) is 2. The highest BCUT2D eigenvalue weighted by atomic mass is 35.5. The molecule has 178 valence electrons. The van der Waals surface area contributed by atoms with Gasteiger partial charge in [0.25, 0.3) is 5.91 Å². The predicted molar refractivity (Wildman–Crippen MR) is 132 cm³/mol. The van der Waals surface area contributed by atoms with Gasteiger partial charge in [-0.2, -0.15) is 0 Å². The van der Waals surface area contributed by atoms with Gasteiger partial charge in [0.1, 0.15) is 5.75 Å². The number of hydrogen-bond donors (Lipinski definition) is 2. The van der Waals surface area contributed by atoms with Crippen LogP contribution in [0.4, 0.5) is 5.69 Å². The lowest BCUT2D eigenvalue weighted by atomic mass is 10.2. The standard InChI is InChI=1S/C24H20ClN5O4S/c1-2-33-21(31)14-34-16-12-10-15(11-13-16)24(32)26-19-8-5-7-18(25)22(19)35-20-9-4-3-6-17(20)23-27-29-30-28-23/h3-13H,2,14H2,1H3,(H,26,32)(H,27,28,29,30). The first-order valence-corrected chi connectivity index (χ1v) is 11.7. The van der Waals surface area contributed by atoms with Crippen LogP contribution in [0.25, 0.3) is 11.4 Å². The largest absolute Gasteiger partial charge is 0.482 e. The quantitative estimate of drug-likeness (QED) is 0.307. The molecule has 35 heavy (non-hydrogen) atoms. The van der Waals surface area contributed by atoms with Crippen LogP contribution in [0.1, 0.15) is 17.3 Å². The fourth-order valence-electron chi connectivity index (χ4n) is 3.09. The molecule has 4 aromatic rings. The van der Waals surface area contributed by atoms with Crippen molar-refractivity contribution < 1.29 is 19.1 Å². The Morgan fingerprint density at radius 1 is 1.06 bits per heavy atom. The topological polar surface area (TPSA) is 119 Å². The van der Waals surface area contributed by atoms with Crippen molar-refractivity contribution >= 4 is 40.9 Å². The Bertz CT molecular complexity index is 1320. The van der Waals surface area contributed by atoms with Gasteiger partial charge in [-0.3, -0.25) is 4.79 Å². The van der Waals surface area contributed by atoms with Crippen LogP contribution in [0, 0.1) is 0 Å². The second-order valence-corrected chi connectivity index (χ2v) is 8.50. The lowest BCUT2D eigenvalue weighted by Crippen LogP contribution is -2.15. The molecule has 0 aliphatic heterocycles. The number of H-pyrrole nitrogens is 1. The molecule has 1 aromatic heterocycles. The van der Waals surface area contributed by atoms with Crippen LogP contribution in [0.5, 0.6) is 5.75 Å². The van der Waals surface area contributed by atoms with Crippen LogP contribution in [-0.4, -0.2) is 45.7 Å². The zero-order valence-electron chi connectivity index (χ0n) is 18.5. The number of esters is 1. The molecule has 0 saturated carbocycles. The second kappa shape index (κ2) is 11.5. The minimum Gasteiger partial charge on any atom is -0.482 e. The maximum Gasteiger partial charge on any atom is 0.344 e. The monoisotopic (exact) mass is 509 g/mol. The molecule has 1 heterocycles. The van der Waals surface area contributed by atoms with Gasteiger partial charge in [0.2, 0.25) is 0 Å². The number of carbonyl (C=O) groups is 2. The van der Waals surface area contributed by atoms with Crippen molar-refractivity contribution in [1.82, 2.24) is 20.6 Å². The third-order valence-electron chi connectivity index (χ3n) is 4.69. The Morgan fingerprint density at radius 2 is 1.86 bits per heavy atom. The Kier molecular flexibility index (Phi) is 7.96. The number of carbonyl (C=O) groups excluding carboxylic acids is 2. The summed E-state index contributed by atoms with van der Waals surface area (Å²) in [5.41, 5.74) is 1.77. The molecule has 0 atom stereocenters. The van der Waals surface area contributed by atoms with Gasteiger partial charge in [-0.05, 0) is 65.9 Å². The number of tetrazole rings is 1.